The molecule has 0 aliphatic carbocycles. The topological polar surface area (TPSA) is 87.2 Å². The minimum Gasteiger partial charge on any atom is -0.353 e. The molecule has 0 saturated carbocycles. The van der Waals surface area contributed by atoms with Crippen molar-refractivity contribution in [3.63, 3.8) is 0 Å². The van der Waals surface area contributed by atoms with Gasteiger partial charge in [0.1, 0.15) is 11.6 Å². The number of halogens is 1. The Kier molecular flexibility index (Phi) is 5.44. The molecule has 25 heavy (non-hydrogen) atoms. The summed E-state index contributed by atoms with van der Waals surface area (Å²) >= 11 is 0. The standard InChI is InChI=1S/C16H20FN5O2S/c17-14-4-2-1-3-13(14)5-10-25(23,24)21-15-11-20-16(12-19-15)22-8-6-18-7-9-22/h1-4,11-12,18H,5-10H2,(H,19,21). The summed E-state index contributed by atoms with van der Waals surface area (Å²) < 4.78 is 40.3. The fraction of sp³-hybridized carbons (Fsp3) is 0.375. The van der Waals surface area contributed by atoms with Gasteiger partial charge in [-0.2, -0.15) is 0 Å². The quantitative estimate of drug-likeness (QED) is 0.795. The monoisotopic (exact) mass is 365 g/mol. The molecule has 0 radical (unpaired) electrons. The SMILES string of the molecule is O=S(=O)(CCc1ccccc1F)Nc1cnc(N2CCNCC2)cn1. The fourth-order valence-electron chi connectivity index (χ4n) is 2.59. The maximum absolute atomic E-state index is 13.6. The van der Waals surface area contributed by atoms with Gasteiger partial charge in [0.25, 0.3) is 0 Å². The largest absolute Gasteiger partial charge is 0.353 e. The van der Waals surface area contributed by atoms with Crippen LogP contribution in [0.2, 0.25) is 0 Å². The molecule has 1 fully saturated rings. The lowest BCUT2D eigenvalue weighted by Crippen LogP contribution is -2.43. The highest BCUT2D eigenvalue weighted by molar-refractivity contribution is 7.92. The molecule has 7 nitrogen and oxygen atoms in total. The average Bonchev–Trinajstić information content (AvgIpc) is 2.62. The fourth-order valence-corrected chi connectivity index (χ4v) is 3.60. The van der Waals surface area contributed by atoms with Crippen molar-refractivity contribution in [2.75, 3.05) is 41.6 Å². The highest BCUT2D eigenvalue weighted by Crippen LogP contribution is 2.13. The molecular formula is C16H20FN5O2S. The van der Waals surface area contributed by atoms with E-state index in [-0.39, 0.29) is 18.0 Å². The van der Waals surface area contributed by atoms with E-state index < -0.39 is 15.8 Å². The summed E-state index contributed by atoms with van der Waals surface area (Å²) in [4.78, 5) is 10.5. The van der Waals surface area contributed by atoms with Crippen LogP contribution in [0.4, 0.5) is 16.0 Å². The normalized spacial score (nSPS) is 15.2. The van der Waals surface area contributed by atoms with Crippen LogP contribution in [0.15, 0.2) is 36.7 Å². The Balaban J connectivity index is 1.59. The predicted octanol–water partition coefficient (Wildman–Crippen LogP) is 1.01. The zero-order chi connectivity index (χ0) is 17.7. The molecule has 0 spiro atoms. The van der Waals surface area contributed by atoms with Gasteiger partial charge in [-0.25, -0.2) is 22.8 Å². The van der Waals surface area contributed by atoms with Crippen molar-refractivity contribution < 1.29 is 12.8 Å². The number of anilines is 2. The van der Waals surface area contributed by atoms with Crippen LogP contribution in [0.5, 0.6) is 0 Å². The molecule has 1 aliphatic rings. The molecule has 0 bridgehead atoms. The van der Waals surface area contributed by atoms with Gasteiger partial charge in [0.15, 0.2) is 5.82 Å². The van der Waals surface area contributed by atoms with Crippen LogP contribution in [-0.2, 0) is 16.4 Å². The number of aryl methyl sites for hydroxylation is 1. The lowest BCUT2D eigenvalue weighted by Gasteiger charge is -2.28. The molecule has 9 heteroatoms. The van der Waals surface area contributed by atoms with Gasteiger partial charge in [0.05, 0.1) is 18.1 Å². The molecule has 1 aromatic heterocycles. The molecule has 1 saturated heterocycles. The number of rotatable bonds is 6. The van der Waals surface area contributed by atoms with E-state index in [0.29, 0.717) is 5.56 Å². The molecule has 0 unspecified atom stereocenters. The lowest BCUT2D eigenvalue weighted by atomic mass is 10.2. The summed E-state index contributed by atoms with van der Waals surface area (Å²) in [5, 5.41) is 3.25. The van der Waals surface area contributed by atoms with Gasteiger partial charge in [-0.1, -0.05) is 18.2 Å². The summed E-state index contributed by atoms with van der Waals surface area (Å²) in [7, 11) is -3.63. The summed E-state index contributed by atoms with van der Waals surface area (Å²) in [5.41, 5.74) is 0.369. The van der Waals surface area contributed by atoms with E-state index in [2.05, 4.69) is 24.9 Å². The first-order valence-corrected chi connectivity index (χ1v) is 9.70. The van der Waals surface area contributed by atoms with E-state index in [1.54, 1.807) is 24.4 Å². The molecule has 3 rings (SSSR count). The Bertz CT molecular complexity index is 808. The second kappa shape index (κ2) is 7.75. The lowest BCUT2D eigenvalue weighted by molar-refractivity contribution is 0.584. The minimum atomic E-state index is -3.63. The third-order valence-corrected chi connectivity index (χ3v) is 5.20. The molecule has 2 heterocycles. The first-order chi connectivity index (χ1) is 12.0. The molecule has 0 amide bonds. The van der Waals surface area contributed by atoms with Gasteiger partial charge in [-0.05, 0) is 18.1 Å². The zero-order valence-corrected chi connectivity index (χ0v) is 14.5. The number of sulfonamides is 1. The molecule has 1 aromatic carbocycles. The van der Waals surface area contributed by atoms with Gasteiger partial charge in [-0.3, -0.25) is 4.72 Å². The van der Waals surface area contributed by atoms with E-state index in [1.807, 2.05) is 0 Å². The first-order valence-electron chi connectivity index (χ1n) is 8.05. The molecular weight excluding hydrogens is 345 g/mol. The van der Waals surface area contributed by atoms with Crippen LogP contribution in [0.1, 0.15) is 5.56 Å². The number of hydrogen-bond donors (Lipinski definition) is 2. The van der Waals surface area contributed by atoms with Crippen LogP contribution in [0.25, 0.3) is 0 Å². The maximum Gasteiger partial charge on any atom is 0.234 e. The van der Waals surface area contributed by atoms with E-state index in [1.165, 1.54) is 12.3 Å². The smallest absolute Gasteiger partial charge is 0.234 e. The summed E-state index contributed by atoms with van der Waals surface area (Å²) in [5.74, 6) is 0.246. The van der Waals surface area contributed by atoms with Crippen molar-refractivity contribution in [1.82, 2.24) is 15.3 Å². The summed E-state index contributed by atoms with van der Waals surface area (Å²) in [6, 6.07) is 6.14. The van der Waals surface area contributed by atoms with E-state index >= 15 is 0 Å². The van der Waals surface area contributed by atoms with E-state index in [9.17, 15) is 12.8 Å². The molecule has 1 aliphatic heterocycles. The number of benzene rings is 1. The average molecular weight is 365 g/mol. The van der Waals surface area contributed by atoms with Crippen molar-refractivity contribution in [3.05, 3.63) is 48.0 Å². The van der Waals surface area contributed by atoms with Gasteiger partial charge < -0.3 is 10.2 Å². The van der Waals surface area contributed by atoms with Crippen molar-refractivity contribution in [2.24, 2.45) is 0 Å². The minimum absolute atomic E-state index is 0.0916. The van der Waals surface area contributed by atoms with Crippen LogP contribution in [-0.4, -0.2) is 50.3 Å². The van der Waals surface area contributed by atoms with Crippen LogP contribution >= 0.6 is 0 Å². The number of piperazine rings is 1. The van der Waals surface area contributed by atoms with E-state index in [4.69, 9.17) is 0 Å². The third kappa shape index (κ3) is 4.86. The molecule has 134 valence electrons. The highest BCUT2D eigenvalue weighted by atomic mass is 32.2. The van der Waals surface area contributed by atoms with Gasteiger partial charge >= 0.3 is 0 Å². The Morgan fingerprint density at radius 2 is 1.92 bits per heavy atom. The van der Waals surface area contributed by atoms with Crippen molar-refractivity contribution in [3.8, 4) is 0 Å². The van der Waals surface area contributed by atoms with Crippen molar-refractivity contribution >= 4 is 21.7 Å². The summed E-state index contributed by atoms with van der Waals surface area (Å²) in [6.07, 6.45) is 3.05. The van der Waals surface area contributed by atoms with Crippen LogP contribution in [0, 0.1) is 5.82 Å². The Hall–Kier alpha value is -2.26. The number of hydrogen-bond acceptors (Lipinski definition) is 6. The molecule has 2 aromatic rings. The van der Waals surface area contributed by atoms with Gasteiger partial charge in [-0.15, -0.1) is 0 Å². The summed E-state index contributed by atoms with van der Waals surface area (Å²) in [6.45, 7) is 3.43. The van der Waals surface area contributed by atoms with Crippen molar-refractivity contribution in [2.45, 2.75) is 6.42 Å². The highest BCUT2D eigenvalue weighted by Gasteiger charge is 2.15. The Morgan fingerprint density at radius 1 is 1.16 bits per heavy atom. The number of nitrogens with zero attached hydrogens (tertiary/aromatic N) is 3. The van der Waals surface area contributed by atoms with Gasteiger partial charge in [0.2, 0.25) is 10.0 Å². The van der Waals surface area contributed by atoms with Crippen molar-refractivity contribution in [1.29, 1.82) is 0 Å². The second-order valence-electron chi connectivity index (χ2n) is 5.76. The number of aromatic nitrogens is 2. The van der Waals surface area contributed by atoms with Crippen LogP contribution in [0.3, 0.4) is 0 Å². The predicted molar refractivity (Wildman–Crippen MR) is 94.6 cm³/mol. The third-order valence-electron chi connectivity index (χ3n) is 3.94. The van der Waals surface area contributed by atoms with Gasteiger partial charge in [0, 0.05) is 26.2 Å². The Labute approximate surface area is 146 Å². The molecule has 0 atom stereocenters. The first kappa shape index (κ1) is 17.6. The maximum atomic E-state index is 13.6. The van der Waals surface area contributed by atoms with Crippen LogP contribution < -0.4 is 14.9 Å². The van der Waals surface area contributed by atoms with E-state index in [0.717, 1.165) is 32.0 Å². The zero-order valence-electron chi connectivity index (χ0n) is 13.7. The molecule has 2 N–H and O–H groups in total. The second-order valence-corrected chi connectivity index (χ2v) is 7.60. The number of nitrogens with one attached hydrogen (secondary N) is 2. The Morgan fingerprint density at radius 3 is 2.60 bits per heavy atom.